The van der Waals surface area contributed by atoms with Crippen LogP contribution in [0, 0.1) is 0 Å². The summed E-state index contributed by atoms with van der Waals surface area (Å²) in [5, 5.41) is 2.85. The van der Waals surface area contributed by atoms with Gasteiger partial charge in [-0.2, -0.15) is 0 Å². The van der Waals surface area contributed by atoms with Gasteiger partial charge in [-0.3, -0.25) is 0 Å². The normalized spacial score (nSPS) is 21.1. The Kier molecular flexibility index (Phi) is 6.02. The summed E-state index contributed by atoms with van der Waals surface area (Å²) in [6.07, 6.45) is 2.76. The molecule has 19 heavy (non-hydrogen) atoms. The highest BCUT2D eigenvalue weighted by Crippen LogP contribution is 2.13. The van der Waals surface area contributed by atoms with E-state index >= 15 is 0 Å². The van der Waals surface area contributed by atoms with Crippen LogP contribution in [0.2, 0.25) is 0 Å². The Morgan fingerprint density at radius 2 is 2.21 bits per heavy atom. The van der Waals surface area contributed by atoms with E-state index in [1.54, 1.807) is 14.2 Å². The number of hydrogen-bond donors (Lipinski definition) is 1. The Hall–Kier alpha value is -0.860. The molecular weight excluding hydrogens is 270 g/mol. The first-order valence-corrected chi connectivity index (χ1v) is 8.15. The number of nitrogens with zero attached hydrogens (tertiary/aromatic N) is 2. The predicted molar refractivity (Wildman–Crippen MR) is 72.5 cm³/mol. The van der Waals surface area contributed by atoms with Gasteiger partial charge in [0.05, 0.1) is 12.9 Å². The van der Waals surface area contributed by atoms with Crippen molar-refractivity contribution >= 4 is 16.1 Å². The minimum atomic E-state index is -3.18. The lowest BCUT2D eigenvalue weighted by molar-refractivity contribution is 0.155. The summed E-state index contributed by atoms with van der Waals surface area (Å²) in [6.45, 7) is 1.86. The van der Waals surface area contributed by atoms with Crippen molar-refractivity contribution in [2.45, 2.75) is 18.9 Å². The van der Waals surface area contributed by atoms with Crippen LogP contribution in [-0.2, 0) is 14.8 Å². The van der Waals surface area contributed by atoms with Crippen LogP contribution in [0.5, 0.6) is 0 Å². The van der Waals surface area contributed by atoms with E-state index < -0.39 is 10.0 Å². The monoisotopic (exact) mass is 293 g/mol. The average Bonchev–Trinajstić information content (AvgIpc) is 2.35. The number of urea groups is 1. The van der Waals surface area contributed by atoms with E-state index in [4.69, 9.17) is 4.74 Å². The van der Waals surface area contributed by atoms with Crippen LogP contribution in [-0.4, -0.2) is 76.4 Å². The van der Waals surface area contributed by atoms with Crippen molar-refractivity contribution < 1.29 is 17.9 Å². The molecule has 0 spiro atoms. The summed E-state index contributed by atoms with van der Waals surface area (Å²) >= 11 is 0. The molecule has 1 fully saturated rings. The van der Waals surface area contributed by atoms with Gasteiger partial charge in [0.2, 0.25) is 10.0 Å². The van der Waals surface area contributed by atoms with Gasteiger partial charge in [-0.1, -0.05) is 0 Å². The smallest absolute Gasteiger partial charge is 0.317 e. The quantitative estimate of drug-likeness (QED) is 0.755. The molecule has 1 heterocycles. The zero-order chi connectivity index (χ0) is 14.5. The highest BCUT2D eigenvalue weighted by molar-refractivity contribution is 7.88. The maximum absolute atomic E-state index is 11.9. The van der Waals surface area contributed by atoms with Crippen LogP contribution in [0.15, 0.2) is 0 Å². The summed E-state index contributed by atoms with van der Waals surface area (Å²) in [7, 11) is 0.0857. The maximum Gasteiger partial charge on any atom is 0.317 e. The van der Waals surface area contributed by atoms with Crippen molar-refractivity contribution in [2.75, 3.05) is 46.7 Å². The Bertz CT molecular complexity index is 399. The van der Waals surface area contributed by atoms with Gasteiger partial charge in [0.25, 0.3) is 0 Å². The molecule has 1 saturated heterocycles. The number of methoxy groups -OCH3 is 1. The number of carbonyl (C=O) groups is 1. The molecule has 0 saturated carbocycles. The predicted octanol–water partition coefficient (Wildman–Crippen LogP) is -0.302. The standard InChI is InChI=1S/C11H23N3O4S/c1-13(7-8-18-2)11(15)12-10-5-4-6-14(9-10)19(3,16)17/h10H,4-9H2,1-3H3,(H,12,15). The molecule has 112 valence electrons. The third kappa shape index (κ3) is 5.33. The van der Waals surface area contributed by atoms with Gasteiger partial charge in [-0.05, 0) is 12.8 Å². The second-order valence-electron chi connectivity index (χ2n) is 4.82. The number of nitrogens with one attached hydrogen (secondary N) is 1. The fourth-order valence-corrected chi connectivity index (χ4v) is 2.89. The first-order chi connectivity index (χ1) is 8.84. The van der Waals surface area contributed by atoms with E-state index in [1.165, 1.54) is 15.5 Å². The Morgan fingerprint density at radius 3 is 2.79 bits per heavy atom. The van der Waals surface area contributed by atoms with Crippen molar-refractivity contribution in [3.05, 3.63) is 0 Å². The molecule has 0 aromatic carbocycles. The molecule has 8 heteroatoms. The lowest BCUT2D eigenvalue weighted by Gasteiger charge is -2.32. The molecule has 1 aliphatic heterocycles. The lowest BCUT2D eigenvalue weighted by Crippen LogP contribution is -2.52. The van der Waals surface area contributed by atoms with Crippen LogP contribution in [0.3, 0.4) is 0 Å². The maximum atomic E-state index is 11.9. The zero-order valence-corrected chi connectivity index (χ0v) is 12.6. The number of carbonyl (C=O) groups excluding carboxylic acids is 1. The van der Waals surface area contributed by atoms with E-state index in [2.05, 4.69) is 5.32 Å². The fourth-order valence-electron chi connectivity index (χ4n) is 1.98. The Morgan fingerprint density at radius 1 is 1.53 bits per heavy atom. The van der Waals surface area contributed by atoms with Crippen molar-refractivity contribution in [1.29, 1.82) is 0 Å². The van der Waals surface area contributed by atoms with Gasteiger partial charge >= 0.3 is 6.03 Å². The van der Waals surface area contributed by atoms with Crippen molar-refractivity contribution in [1.82, 2.24) is 14.5 Å². The summed E-state index contributed by atoms with van der Waals surface area (Å²) in [5.74, 6) is 0. The highest BCUT2D eigenvalue weighted by Gasteiger charge is 2.27. The summed E-state index contributed by atoms with van der Waals surface area (Å²) in [6, 6.07) is -0.321. The number of sulfonamides is 1. The number of piperidine rings is 1. The average molecular weight is 293 g/mol. The number of ether oxygens (including phenoxy) is 1. The molecular formula is C11H23N3O4S. The molecule has 0 aromatic heterocycles. The molecule has 7 nitrogen and oxygen atoms in total. The molecule has 0 aliphatic carbocycles. The largest absolute Gasteiger partial charge is 0.383 e. The minimum Gasteiger partial charge on any atom is -0.383 e. The summed E-state index contributed by atoms with van der Waals surface area (Å²) in [4.78, 5) is 13.4. The fraction of sp³-hybridized carbons (Fsp3) is 0.909. The van der Waals surface area contributed by atoms with E-state index in [-0.39, 0.29) is 12.1 Å². The minimum absolute atomic E-state index is 0.124. The van der Waals surface area contributed by atoms with E-state index in [1.807, 2.05) is 0 Å². The SMILES string of the molecule is COCCN(C)C(=O)NC1CCCN(S(C)(=O)=O)C1. The molecule has 0 bridgehead atoms. The van der Waals surface area contributed by atoms with Gasteiger partial charge in [0.1, 0.15) is 0 Å². The third-order valence-corrected chi connectivity index (χ3v) is 4.43. The summed E-state index contributed by atoms with van der Waals surface area (Å²) < 4.78 is 29.3. The van der Waals surface area contributed by atoms with E-state index in [0.717, 1.165) is 12.8 Å². The molecule has 2 amide bonds. The number of likely N-dealkylation sites (N-methyl/N-ethyl adjacent to an activating group) is 1. The molecule has 1 N–H and O–H groups in total. The van der Waals surface area contributed by atoms with Crippen molar-refractivity contribution in [2.24, 2.45) is 0 Å². The highest BCUT2D eigenvalue weighted by atomic mass is 32.2. The number of hydrogen-bond acceptors (Lipinski definition) is 4. The third-order valence-electron chi connectivity index (χ3n) is 3.16. The van der Waals surface area contributed by atoms with Gasteiger partial charge in [0.15, 0.2) is 0 Å². The topological polar surface area (TPSA) is 79.0 Å². The second-order valence-corrected chi connectivity index (χ2v) is 6.81. The van der Waals surface area contributed by atoms with Crippen molar-refractivity contribution in [3.63, 3.8) is 0 Å². The van der Waals surface area contributed by atoms with E-state index in [9.17, 15) is 13.2 Å². The van der Waals surface area contributed by atoms with Crippen LogP contribution < -0.4 is 5.32 Å². The number of rotatable bonds is 5. The molecule has 1 aliphatic rings. The first kappa shape index (κ1) is 16.2. The van der Waals surface area contributed by atoms with Gasteiger partial charge in [-0.25, -0.2) is 17.5 Å². The summed E-state index contributed by atoms with van der Waals surface area (Å²) in [5.41, 5.74) is 0. The van der Waals surface area contributed by atoms with Crippen molar-refractivity contribution in [3.8, 4) is 0 Å². The molecule has 0 aromatic rings. The van der Waals surface area contributed by atoms with E-state index in [0.29, 0.717) is 26.2 Å². The van der Waals surface area contributed by atoms with Gasteiger partial charge in [-0.15, -0.1) is 0 Å². The van der Waals surface area contributed by atoms with Gasteiger partial charge in [0, 0.05) is 39.8 Å². The Labute approximate surface area is 114 Å². The van der Waals surface area contributed by atoms with Crippen LogP contribution in [0.4, 0.5) is 4.79 Å². The molecule has 1 rings (SSSR count). The second kappa shape index (κ2) is 7.06. The van der Waals surface area contributed by atoms with Crippen LogP contribution in [0.1, 0.15) is 12.8 Å². The molecule has 0 radical (unpaired) electrons. The molecule has 1 atom stereocenters. The zero-order valence-electron chi connectivity index (χ0n) is 11.8. The lowest BCUT2D eigenvalue weighted by atomic mass is 10.1. The van der Waals surface area contributed by atoms with Gasteiger partial charge < -0.3 is 15.0 Å². The Balaban J connectivity index is 2.46. The molecule has 1 unspecified atom stereocenters. The number of amides is 2. The first-order valence-electron chi connectivity index (χ1n) is 6.30. The van der Waals surface area contributed by atoms with Crippen LogP contribution in [0.25, 0.3) is 0 Å². The van der Waals surface area contributed by atoms with Crippen LogP contribution >= 0.6 is 0 Å².